The number of hydrogen-bond donors (Lipinski definition) is 3. The van der Waals surface area contributed by atoms with E-state index in [0.29, 0.717) is 52.4 Å². The van der Waals surface area contributed by atoms with E-state index in [1.807, 2.05) is 13.8 Å². The van der Waals surface area contributed by atoms with Crippen molar-refractivity contribution in [2.45, 2.75) is 13.8 Å². The quantitative estimate of drug-likeness (QED) is 0.156. The first-order valence-corrected chi connectivity index (χ1v) is 16.2. The molecule has 11 nitrogen and oxygen atoms in total. The number of aliphatic hydroxyl groups is 1. The van der Waals surface area contributed by atoms with Crippen LogP contribution in [0, 0.1) is 11.6 Å². The Balaban J connectivity index is 0.00000130. The molecule has 258 valence electrons. The van der Waals surface area contributed by atoms with Crippen molar-refractivity contribution in [2.24, 2.45) is 0 Å². The minimum atomic E-state index is -0.748. The smallest absolute Gasteiger partial charge is 0.261 e. The van der Waals surface area contributed by atoms with E-state index >= 15 is 4.39 Å². The molecule has 1 aliphatic heterocycles. The zero-order valence-corrected chi connectivity index (χ0v) is 28.7. The van der Waals surface area contributed by atoms with E-state index in [9.17, 15) is 14.0 Å². The summed E-state index contributed by atoms with van der Waals surface area (Å²) >= 11 is 3.53. The average Bonchev–Trinajstić information content (AvgIpc) is 3.13. The summed E-state index contributed by atoms with van der Waals surface area (Å²) in [5.74, 6) is -1.34. The van der Waals surface area contributed by atoms with Crippen LogP contribution >= 0.6 is 15.9 Å². The van der Waals surface area contributed by atoms with Crippen molar-refractivity contribution in [3.63, 3.8) is 0 Å². The molecule has 1 aliphatic rings. The number of anilines is 1. The van der Waals surface area contributed by atoms with E-state index in [4.69, 9.17) is 19.3 Å². The van der Waals surface area contributed by atoms with Crippen molar-refractivity contribution < 1.29 is 32.9 Å². The summed E-state index contributed by atoms with van der Waals surface area (Å²) in [4.78, 5) is 39.8. The van der Waals surface area contributed by atoms with Crippen molar-refractivity contribution in [2.75, 3.05) is 51.9 Å². The van der Waals surface area contributed by atoms with Gasteiger partial charge in [0.05, 0.1) is 24.1 Å². The van der Waals surface area contributed by atoms with Gasteiger partial charge in [-0.05, 0) is 51.8 Å². The van der Waals surface area contributed by atoms with Gasteiger partial charge in [-0.1, -0.05) is 26.0 Å². The molecule has 5 aromatic rings. The fourth-order valence-corrected chi connectivity index (χ4v) is 5.33. The zero-order chi connectivity index (χ0) is 35.3. The molecule has 0 saturated carbocycles. The van der Waals surface area contributed by atoms with E-state index in [-0.39, 0.29) is 22.6 Å². The first-order valence-electron chi connectivity index (χ1n) is 15.4. The molecule has 0 aliphatic carbocycles. The van der Waals surface area contributed by atoms with Crippen LogP contribution in [0.3, 0.4) is 0 Å². The molecular formula is C35H36BrF2N5O6. The van der Waals surface area contributed by atoms with E-state index < -0.39 is 23.0 Å². The van der Waals surface area contributed by atoms with Crippen LogP contribution in [0.1, 0.15) is 24.2 Å². The highest BCUT2D eigenvalue weighted by molar-refractivity contribution is 9.10. The summed E-state index contributed by atoms with van der Waals surface area (Å²) in [5, 5.41) is 10.1. The van der Waals surface area contributed by atoms with Gasteiger partial charge in [0.1, 0.15) is 28.2 Å². The topological polar surface area (TPSA) is 139 Å². The molecule has 0 unspecified atom stereocenters. The van der Waals surface area contributed by atoms with Gasteiger partial charge in [-0.15, -0.1) is 0 Å². The predicted molar refractivity (Wildman–Crippen MR) is 186 cm³/mol. The number of hydrogen-bond acceptors (Lipinski definition) is 9. The van der Waals surface area contributed by atoms with E-state index in [1.165, 1.54) is 55.0 Å². The van der Waals surface area contributed by atoms with Crippen LogP contribution in [0.5, 0.6) is 17.4 Å². The summed E-state index contributed by atoms with van der Waals surface area (Å²) in [5.41, 5.74) is 0.519. The minimum absolute atomic E-state index is 0.0985. The highest BCUT2D eigenvalue weighted by Crippen LogP contribution is 2.36. The Morgan fingerprint density at radius 2 is 1.78 bits per heavy atom. The fraction of sp³-hybridized carbons (Fsp3) is 0.257. The Hall–Kier alpha value is -4.76. The zero-order valence-electron chi connectivity index (χ0n) is 27.1. The minimum Gasteiger partial charge on any atom is -0.475 e. The summed E-state index contributed by atoms with van der Waals surface area (Å²) in [6.07, 6.45) is 5.76. The van der Waals surface area contributed by atoms with Gasteiger partial charge < -0.3 is 29.6 Å². The summed E-state index contributed by atoms with van der Waals surface area (Å²) in [6, 6.07) is 10.8. The Morgan fingerprint density at radius 1 is 1.04 bits per heavy atom. The Kier molecular flexibility index (Phi) is 13.7. The van der Waals surface area contributed by atoms with Crippen molar-refractivity contribution in [1.29, 1.82) is 0 Å². The van der Waals surface area contributed by atoms with Crippen LogP contribution in [0.2, 0.25) is 0 Å². The van der Waals surface area contributed by atoms with Gasteiger partial charge in [0.25, 0.3) is 5.91 Å². The standard InChI is InChI=1S/C32H26BrF2N5O5.C2H6.CH4O/c33-28-29-23(18-38-32(28)44-14-11-40-9-12-43-13-10-40)26(7-8-37-29)45-27-6-5-21(15-25(27)35)39-31(42)24-17-36-16-22(30(24)41)19-1-3-20(34)4-2-19;2*1-2/h1-8,15-18H,9-14H2,(H,36,41)(H,39,42);1-2H3;2H,1H3. The van der Waals surface area contributed by atoms with Crippen molar-refractivity contribution in [3.8, 4) is 28.5 Å². The number of pyridine rings is 3. The third kappa shape index (κ3) is 9.23. The number of nitrogens with one attached hydrogen (secondary N) is 2. The number of amides is 1. The highest BCUT2D eigenvalue weighted by atomic mass is 79.9. The lowest BCUT2D eigenvalue weighted by Crippen LogP contribution is -2.38. The Morgan fingerprint density at radius 3 is 2.49 bits per heavy atom. The average molecular weight is 741 g/mol. The van der Waals surface area contributed by atoms with Crippen LogP contribution in [0.4, 0.5) is 14.5 Å². The second-order valence-corrected chi connectivity index (χ2v) is 10.9. The van der Waals surface area contributed by atoms with Gasteiger partial charge in [-0.2, -0.15) is 0 Å². The third-order valence-electron chi connectivity index (χ3n) is 7.16. The molecular weight excluding hydrogens is 704 g/mol. The van der Waals surface area contributed by atoms with E-state index in [1.54, 1.807) is 12.3 Å². The Bertz CT molecular complexity index is 1920. The van der Waals surface area contributed by atoms with Crippen LogP contribution < -0.4 is 20.2 Å². The highest BCUT2D eigenvalue weighted by Gasteiger charge is 2.18. The number of carbonyl (C=O) groups is 1. The molecule has 6 rings (SSSR count). The molecule has 49 heavy (non-hydrogen) atoms. The molecule has 1 saturated heterocycles. The van der Waals surface area contributed by atoms with Crippen molar-refractivity contribution in [3.05, 3.63) is 105 Å². The van der Waals surface area contributed by atoms with Crippen molar-refractivity contribution >= 4 is 38.4 Å². The van der Waals surface area contributed by atoms with Gasteiger partial charge in [-0.3, -0.25) is 19.5 Å². The molecule has 0 bridgehead atoms. The maximum Gasteiger partial charge on any atom is 0.261 e. The fourth-order valence-electron chi connectivity index (χ4n) is 4.80. The van der Waals surface area contributed by atoms with Gasteiger partial charge in [0.2, 0.25) is 11.3 Å². The molecule has 4 heterocycles. The number of ether oxygens (including phenoxy) is 3. The van der Waals surface area contributed by atoms with Gasteiger partial charge in [0.15, 0.2) is 11.6 Å². The first kappa shape index (κ1) is 37.1. The number of morpholine rings is 1. The van der Waals surface area contributed by atoms with E-state index in [2.05, 4.69) is 41.1 Å². The summed E-state index contributed by atoms with van der Waals surface area (Å²) < 4.78 is 46.2. The number of nitrogens with zero attached hydrogens (tertiary/aromatic N) is 3. The number of aromatic amines is 1. The monoisotopic (exact) mass is 739 g/mol. The number of rotatable bonds is 9. The Labute approximate surface area is 290 Å². The lowest BCUT2D eigenvalue weighted by molar-refractivity contribution is 0.0319. The molecule has 0 atom stereocenters. The molecule has 2 aromatic carbocycles. The van der Waals surface area contributed by atoms with Gasteiger partial charge in [-0.25, -0.2) is 13.8 Å². The first-order chi connectivity index (χ1) is 23.9. The molecule has 14 heteroatoms. The SMILES string of the molecule is CC.CO.O=C(Nc1ccc(Oc2ccnc3c(Br)c(OCCN4CCOCC4)ncc23)c(F)c1)c1c[nH]cc(-c2ccc(F)cc2)c1=O. The van der Waals surface area contributed by atoms with Crippen LogP contribution in [0.25, 0.3) is 22.0 Å². The number of carbonyl (C=O) groups excluding carboxylic acids is 1. The summed E-state index contributed by atoms with van der Waals surface area (Å²) in [7, 11) is 1.00. The largest absolute Gasteiger partial charge is 0.475 e. The van der Waals surface area contributed by atoms with E-state index in [0.717, 1.165) is 32.8 Å². The molecule has 0 radical (unpaired) electrons. The lowest BCUT2D eigenvalue weighted by atomic mass is 10.0. The molecule has 3 aromatic heterocycles. The van der Waals surface area contributed by atoms with Gasteiger partial charge >= 0.3 is 0 Å². The van der Waals surface area contributed by atoms with Crippen molar-refractivity contribution in [1.82, 2.24) is 19.9 Å². The molecule has 0 spiro atoms. The summed E-state index contributed by atoms with van der Waals surface area (Å²) in [6.45, 7) is 8.30. The number of aliphatic hydroxyl groups excluding tert-OH is 1. The molecule has 3 N–H and O–H groups in total. The number of H-pyrrole nitrogens is 1. The number of aromatic nitrogens is 3. The number of fused-ring (bicyclic) bond motifs is 1. The second kappa shape index (κ2) is 18.1. The molecule has 1 amide bonds. The lowest BCUT2D eigenvalue weighted by Gasteiger charge is -2.26. The van der Waals surface area contributed by atoms with Crippen LogP contribution in [0.15, 0.2) is 82.6 Å². The predicted octanol–water partition coefficient (Wildman–Crippen LogP) is 6.42. The van der Waals surface area contributed by atoms with Gasteiger partial charge in [0, 0.05) is 68.8 Å². The maximum absolute atomic E-state index is 15.2. The van der Waals surface area contributed by atoms with Crippen LogP contribution in [-0.2, 0) is 4.74 Å². The maximum atomic E-state index is 15.2. The number of benzene rings is 2. The van der Waals surface area contributed by atoms with Crippen LogP contribution in [-0.4, -0.2) is 77.4 Å². The normalized spacial score (nSPS) is 12.6. The number of halogens is 3. The molecule has 1 fully saturated rings. The second-order valence-electron chi connectivity index (χ2n) is 10.1. The third-order valence-corrected chi connectivity index (χ3v) is 7.88.